The van der Waals surface area contributed by atoms with E-state index in [1.54, 1.807) is 6.92 Å². The minimum Gasteiger partial charge on any atom is -0.393 e. The highest BCUT2D eigenvalue weighted by Crippen LogP contribution is 2.21. The third-order valence-corrected chi connectivity index (χ3v) is 1.83. The largest absolute Gasteiger partial charge is 0.393 e. The van der Waals surface area contributed by atoms with Crippen molar-refractivity contribution in [2.75, 3.05) is 0 Å². The molecule has 0 bridgehead atoms. The molecule has 0 aromatic carbocycles. The Labute approximate surface area is 74.9 Å². The van der Waals surface area contributed by atoms with E-state index in [2.05, 4.69) is 6.58 Å². The van der Waals surface area contributed by atoms with Crippen molar-refractivity contribution >= 4 is 0 Å². The molecular weight excluding hydrogens is 152 g/mol. The number of hydrogen-bond acceptors (Lipinski definition) is 2. The highest BCUT2D eigenvalue weighted by atomic mass is 16.3. The van der Waals surface area contributed by atoms with Gasteiger partial charge in [-0.15, -0.1) is 6.58 Å². The van der Waals surface area contributed by atoms with E-state index >= 15 is 0 Å². The number of hydrogen-bond donors (Lipinski definition) is 2. The zero-order valence-electron chi connectivity index (χ0n) is 8.30. The quantitative estimate of drug-likeness (QED) is 0.621. The van der Waals surface area contributed by atoms with Gasteiger partial charge in [0.25, 0.3) is 0 Å². The second-order valence-corrected chi connectivity index (χ2v) is 3.90. The predicted octanol–water partition coefficient (Wildman–Crippen LogP) is 1.86. The predicted molar refractivity (Wildman–Crippen MR) is 51.0 cm³/mol. The van der Waals surface area contributed by atoms with Gasteiger partial charge < -0.3 is 10.2 Å². The van der Waals surface area contributed by atoms with E-state index in [1.807, 2.05) is 13.8 Å². The highest BCUT2D eigenvalue weighted by molar-refractivity contribution is 4.96. The van der Waals surface area contributed by atoms with Crippen molar-refractivity contribution < 1.29 is 10.2 Å². The first-order valence-corrected chi connectivity index (χ1v) is 4.42. The molecule has 0 aromatic heterocycles. The van der Waals surface area contributed by atoms with Gasteiger partial charge in [0.2, 0.25) is 0 Å². The van der Waals surface area contributed by atoms with Crippen molar-refractivity contribution in [3.63, 3.8) is 0 Å². The molecule has 0 fully saturated rings. The van der Waals surface area contributed by atoms with Crippen molar-refractivity contribution in [2.45, 2.75) is 51.7 Å². The lowest BCUT2D eigenvalue weighted by Crippen LogP contribution is -2.29. The van der Waals surface area contributed by atoms with Crippen LogP contribution in [0.4, 0.5) is 0 Å². The van der Waals surface area contributed by atoms with E-state index in [0.29, 0.717) is 19.3 Å². The van der Waals surface area contributed by atoms with E-state index in [4.69, 9.17) is 0 Å². The molecule has 0 amide bonds. The third kappa shape index (κ3) is 5.33. The lowest BCUT2D eigenvalue weighted by Gasteiger charge is -2.25. The fourth-order valence-corrected chi connectivity index (χ4v) is 1.37. The van der Waals surface area contributed by atoms with E-state index in [9.17, 15) is 10.2 Å². The van der Waals surface area contributed by atoms with Crippen LogP contribution >= 0.6 is 0 Å². The van der Waals surface area contributed by atoms with Crippen molar-refractivity contribution in [1.82, 2.24) is 0 Å². The molecule has 0 saturated carbocycles. The molecule has 72 valence electrons. The summed E-state index contributed by atoms with van der Waals surface area (Å²) < 4.78 is 0. The first-order valence-electron chi connectivity index (χ1n) is 4.42. The van der Waals surface area contributed by atoms with Crippen LogP contribution in [0.25, 0.3) is 0 Å². The summed E-state index contributed by atoms with van der Waals surface area (Å²) in [7, 11) is 0. The van der Waals surface area contributed by atoms with Gasteiger partial charge >= 0.3 is 0 Å². The Hall–Kier alpha value is -0.340. The van der Waals surface area contributed by atoms with Gasteiger partial charge in [-0.05, 0) is 26.7 Å². The number of aliphatic hydroxyl groups is 2. The molecule has 0 heterocycles. The van der Waals surface area contributed by atoms with Crippen LogP contribution in [0.1, 0.15) is 40.0 Å². The van der Waals surface area contributed by atoms with E-state index in [1.165, 1.54) is 0 Å². The molecule has 2 atom stereocenters. The monoisotopic (exact) mass is 172 g/mol. The summed E-state index contributed by atoms with van der Waals surface area (Å²) in [5.74, 6) is 0. The molecule has 0 rings (SSSR count). The van der Waals surface area contributed by atoms with Gasteiger partial charge in [0, 0.05) is 6.42 Å². The van der Waals surface area contributed by atoms with Crippen LogP contribution in [0.15, 0.2) is 12.2 Å². The van der Waals surface area contributed by atoms with Crippen molar-refractivity contribution in [3.8, 4) is 0 Å². The molecule has 0 aromatic rings. The third-order valence-electron chi connectivity index (χ3n) is 1.83. The molecule has 2 nitrogen and oxygen atoms in total. The maximum atomic E-state index is 9.77. The van der Waals surface area contributed by atoms with Gasteiger partial charge in [-0.3, -0.25) is 0 Å². The van der Waals surface area contributed by atoms with E-state index in [0.717, 1.165) is 5.57 Å². The van der Waals surface area contributed by atoms with Gasteiger partial charge in [0.05, 0.1) is 11.7 Å². The molecule has 0 aliphatic rings. The van der Waals surface area contributed by atoms with Crippen LogP contribution in [0.2, 0.25) is 0 Å². The summed E-state index contributed by atoms with van der Waals surface area (Å²) in [5, 5.41) is 19.1. The zero-order valence-corrected chi connectivity index (χ0v) is 8.30. The molecule has 0 unspecified atom stereocenters. The maximum Gasteiger partial charge on any atom is 0.0681 e. The van der Waals surface area contributed by atoms with Crippen molar-refractivity contribution in [2.24, 2.45) is 0 Å². The minimum atomic E-state index is -0.804. The van der Waals surface area contributed by atoms with Gasteiger partial charge in [-0.2, -0.15) is 0 Å². The molecule has 2 N–H and O–H groups in total. The first-order chi connectivity index (χ1) is 5.37. The van der Waals surface area contributed by atoms with Crippen LogP contribution < -0.4 is 0 Å². The number of aliphatic hydroxyl groups excluding tert-OH is 1. The summed E-state index contributed by atoms with van der Waals surface area (Å²) in [4.78, 5) is 0. The Morgan fingerprint density at radius 2 is 2.08 bits per heavy atom. The zero-order chi connectivity index (χ0) is 9.78. The average molecular weight is 172 g/mol. The molecule has 0 spiro atoms. The Bertz CT molecular complexity index is 150. The lowest BCUT2D eigenvalue weighted by molar-refractivity contribution is 0.00350. The molecule has 0 aliphatic carbocycles. The standard InChI is InChI=1S/C10H20O2/c1-5-9(11)7-10(4,12)6-8(2)3/h9,11-12H,2,5-7H2,1,3-4H3/t9-,10-/m1/s1. The maximum absolute atomic E-state index is 9.77. The molecule has 0 saturated heterocycles. The molecular formula is C10H20O2. The van der Waals surface area contributed by atoms with Crippen LogP contribution in [-0.2, 0) is 0 Å². The molecule has 0 aliphatic heterocycles. The van der Waals surface area contributed by atoms with Gasteiger partial charge in [0.15, 0.2) is 0 Å². The van der Waals surface area contributed by atoms with Crippen LogP contribution in [0.3, 0.4) is 0 Å². The molecule has 12 heavy (non-hydrogen) atoms. The lowest BCUT2D eigenvalue weighted by atomic mass is 9.91. The van der Waals surface area contributed by atoms with Crippen LogP contribution in [0, 0.1) is 0 Å². The van der Waals surface area contributed by atoms with Gasteiger partial charge in [-0.25, -0.2) is 0 Å². The molecule has 0 radical (unpaired) electrons. The number of rotatable bonds is 5. The Kier molecular flexibility index (Phi) is 4.50. The summed E-state index contributed by atoms with van der Waals surface area (Å²) in [6, 6.07) is 0. The SMILES string of the molecule is C=C(C)C[C@@](C)(O)C[C@H](O)CC. The second kappa shape index (κ2) is 4.63. The first kappa shape index (κ1) is 11.7. The topological polar surface area (TPSA) is 40.5 Å². The summed E-state index contributed by atoms with van der Waals surface area (Å²) in [6.45, 7) is 9.25. The van der Waals surface area contributed by atoms with Gasteiger partial charge in [-0.1, -0.05) is 12.5 Å². The fourth-order valence-electron chi connectivity index (χ4n) is 1.37. The Morgan fingerprint density at radius 3 is 2.42 bits per heavy atom. The minimum absolute atomic E-state index is 0.403. The van der Waals surface area contributed by atoms with E-state index in [-0.39, 0.29) is 0 Å². The Balaban J connectivity index is 3.94. The summed E-state index contributed by atoms with van der Waals surface area (Å²) in [5.41, 5.74) is 0.143. The van der Waals surface area contributed by atoms with E-state index < -0.39 is 11.7 Å². The summed E-state index contributed by atoms with van der Waals surface area (Å²) in [6.07, 6.45) is 1.27. The second-order valence-electron chi connectivity index (χ2n) is 3.90. The van der Waals surface area contributed by atoms with Gasteiger partial charge in [0.1, 0.15) is 0 Å². The van der Waals surface area contributed by atoms with Crippen molar-refractivity contribution in [3.05, 3.63) is 12.2 Å². The average Bonchev–Trinajstić information content (AvgIpc) is 1.83. The highest BCUT2D eigenvalue weighted by Gasteiger charge is 2.23. The van der Waals surface area contributed by atoms with Crippen LogP contribution in [-0.4, -0.2) is 21.9 Å². The van der Waals surface area contributed by atoms with Crippen molar-refractivity contribution in [1.29, 1.82) is 0 Å². The smallest absolute Gasteiger partial charge is 0.0681 e. The van der Waals surface area contributed by atoms with Crippen LogP contribution in [0.5, 0.6) is 0 Å². The Morgan fingerprint density at radius 1 is 1.58 bits per heavy atom. The summed E-state index contributed by atoms with van der Waals surface area (Å²) >= 11 is 0. The molecule has 2 heteroatoms. The normalized spacial score (nSPS) is 18.4. The fraction of sp³-hybridized carbons (Fsp3) is 0.800.